The number of benzene rings is 1. The second-order valence-electron chi connectivity index (χ2n) is 9.61. The Kier molecular flexibility index (Phi) is 6.20. The maximum Gasteiger partial charge on any atom is 0.421 e. The molecule has 0 spiro atoms. The highest BCUT2D eigenvalue weighted by molar-refractivity contribution is 5.79. The first-order valence-corrected chi connectivity index (χ1v) is 12.0. The lowest BCUT2D eigenvalue weighted by Gasteiger charge is -2.35. The summed E-state index contributed by atoms with van der Waals surface area (Å²) >= 11 is 0. The molecule has 1 atom stereocenters. The Morgan fingerprint density at radius 1 is 1.00 bits per heavy atom. The number of rotatable bonds is 4. The van der Waals surface area contributed by atoms with Crippen molar-refractivity contribution in [3.8, 4) is 0 Å². The van der Waals surface area contributed by atoms with Crippen LogP contribution in [-0.4, -0.2) is 76.8 Å². The van der Waals surface area contributed by atoms with Crippen molar-refractivity contribution < 1.29 is 13.2 Å². The van der Waals surface area contributed by atoms with Crippen molar-refractivity contribution in [2.75, 3.05) is 61.4 Å². The number of likely N-dealkylation sites (N-methyl/N-ethyl adjacent to an activating group) is 1. The van der Waals surface area contributed by atoms with Crippen molar-refractivity contribution >= 4 is 28.7 Å². The van der Waals surface area contributed by atoms with Crippen molar-refractivity contribution in [1.29, 1.82) is 0 Å². The van der Waals surface area contributed by atoms with Gasteiger partial charge in [-0.05, 0) is 44.5 Å². The van der Waals surface area contributed by atoms with E-state index in [1.54, 1.807) is 4.90 Å². The molecule has 2 fully saturated rings. The first-order valence-electron chi connectivity index (χ1n) is 12.0. The van der Waals surface area contributed by atoms with E-state index in [0.29, 0.717) is 32.7 Å². The van der Waals surface area contributed by atoms with Crippen LogP contribution in [0.25, 0.3) is 11.0 Å². The van der Waals surface area contributed by atoms with Crippen LogP contribution in [0.4, 0.5) is 30.9 Å². The van der Waals surface area contributed by atoms with Gasteiger partial charge in [-0.2, -0.15) is 18.2 Å². The smallest absolute Gasteiger partial charge is 0.353 e. The van der Waals surface area contributed by atoms with E-state index in [1.165, 1.54) is 0 Å². The van der Waals surface area contributed by atoms with Gasteiger partial charge in [0.15, 0.2) is 0 Å². The number of imidazole rings is 1. The largest absolute Gasteiger partial charge is 0.421 e. The van der Waals surface area contributed by atoms with Gasteiger partial charge in [0.2, 0.25) is 11.9 Å². The number of aryl methyl sites for hydroxylation is 2. The van der Waals surface area contributed by atoms with Crippen molar-refractivity contribution in [2.24, 2.45) is 7.05 Å². The van der Waals surface area contributed by atoms with Crippen LogP contribution in [0.1, 0.15) is 24.0 Å². The van der Waals surface area contributed by atoms with E-state index in [-0.39, 0.29) is 17.8 Å². The second-order valence-corrected chi connectivity index (χ2v) is 9.61. The SMILES string of the molecule is Cc1ccc2c(c1)nc(N1CCC[C@@H](Nc3ncc(C(F)(F)F)c(N4CCN(C)CC4)n3)C1)n2C. The van der Waals surface area contributed by atoms with E-state index in [4.69, 9.17) is 4.98 Å². The van der Waals surface area contributed by atoms with Gasteiger partial charge in [-0.3, -0.25) is 0 Å². The standard InChI is InChI=1S/C24H31F3N8/c1-16-6-7-20-19(13-16)30-23(33(20)3)35-8-4-5-17(15-35)29-22-28-14-18(24(25,26)27)21(31-22)34-11-9-32(2)10-12-34/h6-7,13-14,17H,4-5,8-12,15H2,1-3H3,(H,28,29,31)/t17-/m1/s1. The summed E-state index contributed by atoms with van der Waals surface area (Å²) in [6.45, 7) is 5.98. The van der Waals surface area contributed by atoms with Gasteiger partial charge in [0, 0.05) is 58.6 Å². The molecule has 0 unspecified atom stereocenters. The molecule has 4 heterocycles. The number of nitrogens with one attached hydrogen (secondary N) is 1. The normalized spacial score (nSPS) is 20.0. The molecule has 0 amide bonds. The van der Waals surface area contributed by atoms with Crippen molar-refractivity contribution in [3.63, 3.8) is 0 Å². The van der Waals surface area contributed by atoms with E-state index in [2.05, 4.69) is 54.8 Å². The molecule has 2 aliphatic heterocycles. The predicted octanol–water partition coefficient (Wildman–Crippen LogP) is 3.52. The monoisotopic (exact) mass is 488 g/mol. The van der Waals surface area contributed by atoms with Crippen LogP contribution in [0.3, 0.4) is 0 Å². The Balaban J connectivity index is 1.36. The van der Waals surface area contributed by atoms with Crippen LogP contribution in [0.2, 0.25) is 0 Å². The number of nitrogens with zero attached hydrogens (tertiary/aromatic N) is 7. The van der Waals surface area contributed by atoms with Gasteiger partial charge in [0.1, 0.15) is 11.4 Å². The molecule has 2 aromatic heterocycles. The Bertz CT molecular complexity index is 1200. The molecule has 5 rings (SSSR count). The zero-order chi connectivity index (χ0) is 24.7. The van der Waals surface area contributed by atoms with Crippen LogP contribution >= 0.6 is 0 Å². The number of anilines is 3. The number of aromatic nitrogens is 4. The molecule has 2 aliphatic rings. The number of fused-ring (bicyclic) bond motifs is 1. The zero-order valence-corrected chi connectivity index (χ0v) is 20.3. The summed E-state index contributed by atoms with van der Waals surface area (Å²) in [4.78, 5) is 19.3. The number of alkyl halides is 3. The summed E-state index contributed by atoms with van der Waals surface area (Å²) < 4.78 is 43.2. The summed E-state index contributed by atoms with van der Waals surface area (Å²) in [7, 11) is 3.98. The minimum Gasteiger partial charge on any atom is -0.353 e. The second kappa shape index (κ2) is 9.18. The number of piperazine rings is 1. The maximum atomic E-state index is 13.7. The van der Waals surface area contributed by atoms with E-state index < -0.39 is 11.7 Å². The molecule has 2 saturated heterocycles. The minimum absolute atomic E-state index is 0.00220. The van der Waals surface area contributed by atoms with Gasteiger partial charge in [-0.25, -0.2) is 9.97 Å². The predicted molar refractivity (Wildman–Crippen MR) is 131 cm³/mol. The third kappa shape index (κ3) is 4.86. The Morgan fingerprint density at radius 3 is 2.51 bits per heavy atom. The molecule has 1 N–H and O–H groups in total. The van der Waals surface area contributed by atoms with Crippen molar-refractivity contribution in [1.82, 2.24) is 24.4 Å². The summed E-state index contributed by atoms with van der Waals surface area (Å²) in [6, 6.07) is 6.24. The highest BCUT2D eigenvalue weighted by Crippen LogP contribution is 2.36. The quantitative estimate of drug-likeness (QED) is 0.603. The van der Waals surface area contributed by atoms with Gasteiger partial charge < -0.3 is 24.6 Å². The Hall–Kier alpha value is -3.08. The van der Waals surface area contributed by atoms with Crippen LogP contribution in [-0.2, 0) is 13.2 Å². The number of halogens is 3. The molecule has 8 nitrogen and oxygen atoms in total. The van der Waals surface area contributed by atoms with Crippen LogP contribution in [0.15, 0.2) is 24.4 Å². The fourth-order valence-electron chi connectivity index (χ4n) is 4.94. The molecule has 3 aromatic rings. The van der Waals surface area contributed by atoms with E-state index in [0.717, 1.165) is 48.1 Å². The fraction of sp³-hybridized carbons (Fsp3) is 0.542. The highest BCUT2D eigenvalue weighted by Gasteiger charge is 2.37. The molecule has 11 heteroatoms. The van der Waals surface area contributed by atoms with Crippen LogP contribution in [0.5, 0.6) is 0 Å². The van der Waals surface area contributed by atoms with Crippen molar-refractivity contribution in [3.05, 3.63) is 35.5 Å². The average Bonchev–Trinajstić information content (AvgIpc) is 3.14. The molecule has 0 bridgehead atoms. The van der Waals surface area contributed by atoms with Crippen molar-refractivity contribution in [2.45, 2.75) is 32.0 Å². The van der Waals surface area contributed by atoms with Gasteiger partial charge in [0.25, 0.3) is 0 Å². The van der Waals surface area contributed by atoms with E-state index >= 15 is 0 Å². The lowest BCUT2D eigenvalue weighted by Crippen LogP contribution is -2.46. The lowest BCUT2D eigenvalue weighted by molar-refractivity contribution is -0.137. The summed E-state index contributed by atoms with van der Waals surface area (Å²) in [5.74, 6) is 1.09. The number of hydrogen-bond donors (Lipinski definition) is 1. The van der Waals surface area contributed by atoms with E-state index in [9.17, 15) is 13.2 Å². The molecule has 0 saturated carbocycles. The van der Waals surface area contributed by atoms with Gasteiger partial charge in [0.05, 0.1) is 11.0 Å². The summed E-state index contributed by atoms with van der Waals surface area (Å²) in [5, 5.41) is 3.30. The van der Waals surface area contributed by atoms with Gasteiger partial charge >= 0.3 is 6.18 Å². The molecule has 0 radical (unpaired) electrons. The molecule has 1 aromatic carbocycles. The summed E-state index contributed by atoms with van der Waals surface area (Å²) in [6.07, 6.45) is -1.77. The van der Waals surface area contributed by atoms with Crippen LogP contribution < -0.4 is 15.1 Å². The lowest BCUT2D eigenvalue weighted by atomic mass is 10.1. The average molecular weight is 489 g/mol. The topological polar surface area (TPSA) is 65.4 Å². The fourth-order valence-corrected chi connectivity index (χ4v) is 4.94. The number of piperidine rings is 1. The minimum atomic E-state index is -4.50. The maximum absolute atomic E-state index is 13.7. The Morgan fingerprint density at radius 2 is 1.77 bits per heavy atom. The first kappa shape index (κ1) is 23.7. The van der Waals surface area contributed by atoms with E-state index in [1.807, 2.05) is 14.1 Å². The Labute approximate surface area is 202 Å². The third-order valence-corrected chi connectivity index (χ3v) is 6.93. The summed E-state index contributed by atoms with van der Waals surface area (Å²) in [5.41, 5.74) is 2.41. The molecular weight excluding hydrogens is 457 g/mol. The molecule has 0 aliphatic carbocycles. The zero-order valence-electron chi connectivity index (χ0n) is 20.3. The third-order valence-electron chi connectivity index (χ3n) is 6.93. The first-order chi connectivity index (χ1) is 16.7. The van der Waals surface area contributed by atoms with Crippen LogP contribution in [0, 0.1) is 6.92 Å². The molecular formula is C24H31F3N8. The molecule has 188 valence electrons. The number of hydrogen-bond acceptors (Lipinski definition) is 7. The van der Waals surface area contributed by atoms with Gasteiger partial charge in [-0.1, -0.05) is 6.07 Å². The molecule has 35 heavy (non-hydrogen) atoms. The van der Waals surface area contributed by atoms with Gasteiger partial charge in [-0.15, -0.1) is 0 Å². The highest BCUT2D eigenvalue weighted by atomic mass is 19.4.